The summed E-state index contributed by atoms with van der Waals surface area (Å²) >= 11 is 11.9. The molecule has 0 aliphatic carbocycles. The summed E-state index contributed by atoms with van der Waals surface area (Å²) in [7, 11) is 0. The fourth-order valence-electron chi connectivity index (χ4n) is 2.40. The molecule has 2 aromatic rings. The zero-order chi connectivity index (χ0) is 15.0. The van der Waals surface area contributed by atoms with Crippen molar-refractivity contribution in [1.29, 1.82) is 0 Å². The average Bonchev–Trinajstić information content (AvgIpc) is 3.09. The van der Waals surface area contributed by atoms with Gasteiger partial charge in [0.1, 0.15) is 0 Å². The lowest BCUT2D eigenvalue weighted by Gasteiger charge is -2.11. The van der Waals surface area contributed by atoms with Crippen LogP contribution in [0.1, 0.15) is 25.2 Å². The van der Waals surface area contributed by atoms with Crippen molar-refractivity contribution in [2.75, 3.05) is 13.1 Å². The second-order valence-corrected chi connectivity index (χ2v) is 5.85. The smallest absolute Gasteiger partial charge is 0.231 e. The number of carbonyl (C=O) groups excluding carboxylic acids is 1. The van der Waals surface area contributed by atoms with E-state index in [2.05, 4.69) is 10.1 Å². The molecule has 1 aromatic heterocycles. The second kappa shape index (κ2) is 5.66. The van der Waals surface area contributed by atoms with Crippen LogP contribution in [-0.4, -0.2) is 34.0 Å². The van der Waals surface area contributed by atoms with Gasteiger partial charge in [-0.15, -0.1) is 0 Å². The average molecular weight is 326 g/mol. The first-order chi connectivity index (χ1) is 10.0. The van der Waals surface area contributed by atoms with Gasteiger partial charge in [-0.25, -0.2) is 0 Å². The molecule has 5 nitrogen and oxygen atoms in total. The minimum absolute atomic E-state index is 0.0710. The van der Waals surface area contributed by atoms with Crippen molar-refractivity contribution in [2.24, 2.45) is 0 Å². The maximum atomic E-state index is 11.4. The summed E-state index contributed by atoms with van der Waals surface area (Å²) in [5, 5.41) is 4.91. The molecule has 1 aliphatic heterocycles. The Kier molecular flexibility index (Phi) is 3.87. The van der Waals surface area contributed by atoms with Gasteiger partial charge in [0.2, 0.25) is 17.6 Å². The highest BCUT2D eigenvalue weighted by Crippen LogP contribution is 2.30. The third-order valence-corrected chi connectivity index (χ3v) is 4.34. The molecular weight excluding hydrogens is 313 g/mol. The Hall–Kier alpha value is -1.59. The summed E-state index contributed by atoms with van der Waals surface area (Å²) in [5.41, 5.74) is 0.751. The SMILES string of the molecule is CC(=O)N1CCC(c2nc(-c3ccc(Cl)c(Cl)c3)no2)C1. The van der Waals surface area contributed by atoms with E-state index in [0.29, 0.717) is 28.3 Å². The van der Waals surface area contributed by atoms with E-state index in [-0.39, 0.29) is 11.8 Å². The van der Waals surface area contributed by atoms with Gasteiger partial charge in [-0.2, -0.15) is 4.98 Å². The largest absolute Gasteiger partial charge is 0.342 e. The normalized spacial score (nSPS) is 18.2. The summed E-state index contributed by atoms with van der Waals surface area (Å²) in [4.78, 5) is 17.5. The molecule has 2 heterocycles. The van der Waals surface area contributed by atoms with Gasteiger partial charge < -0.3 is 9.42 Å². The number of likely N-dealkylation sites (tertiary alicyclic amines) is 1. The van der Waals surface area contributed by atoms with Crippen LogP contribution in [0.5, 0.6) is 0 Å². The number of amides is 1. The Bertz CT molecular complexity index is 687. The molecule has 110 valence electrons. The maximum absolute atomic E-state index is 11.4. The van der Waals surface area contributed by atoms with Crippen LogP contribution in [0.3, 0.4) is 0 Å². The van der Waals surface area contributed by atoms with Crippen LogP contribution >= 0.6 is 23.2 Å². The Morgan fingerprint density at radius 1 is 1.38 bits per heavy atom. The van der Waals surface area contributed by atoms with E-state index in [9.17, 15) is 4.79 Å². The van der Waals surface area contributed by atoms with Crippen LogP contribution in [0.2, 0.25) is 10.0 Å². The predicted molar refractivity (Wildman–Crippen MR) is 79.4 cm³/mol. The number of carbonyl (C=O) groups is 1. The number of hydrogen-bond donors (Lipinski definition) is 0. The van der Waals surface area contributed by atoms with E-state index < -0.39 is 0 Å². The minimum atomic E-state index is 0.0710. The second-order valence-electron chi connectivity index (χ2n) is 5.04. The van der Waals surface area contributed by atoms with Crippen molar-refractivity contribution >= 4 is 29.1 Å². The van der Waals surface area contributed by atoms with Gasteiger partial charge in [0.05, 0.1) is 16.0 Å². The molecular formula is C14H13Cl2N3O2. The molecule has 21 heavy (non-hydrogen) atoms. The molecule has 0 radical (unpaired) electrons. The Morgan fingerprint density at radius 3 is 2.86 bits per heavy atom. The Morgan fingerprint density at radius 2 is 2.19 bits per heavy atom. The molecule has 1 aromatic carbocycles. The minimum Gasteiger partial charge on any atom is -0.342 e. The number of hydrogen-bond acceptors (Lipinski definition) is 4. The highest BCUT2D eigenvalue weighted by atomic mass is 35.5. The van der Waals surface area contributed by atoms with E-state index in [1.807, 2.05) is 0 Å². The van der Waals surface area contributed by atoms with E-state index in [0.717, 1.165) is 18.5 Å². The summed E-state index contributed by atoms with van der Waals surface area (Å²) in [6, 6.07) is 5.19. The van der Waals surface area contributed by atoms with Crippen LogP contribution in [0, 0.1) is 0 Å². The van der Waals surface area contributed by atoms with Crippen LogP contribution in [-0.2, 0) is 4.79 Å². The van der Waals surface area contributed by atoms with Crippen molar-refractivity contribution < 1.29 is 9.32 Å². The van der Waals surface area contributed by atoms with Crippen LogP contribution < -0.4 is 0 Å². The zero-order valence-electron chi connectivity index (χ0n) is 11.3. The van der Waals surface area contributed by atoms with E-state index >= 15 is 0 Å². The van der Waals surface area contributed by atoms with Crippen molar-refractivity contribution in [3.05, 3.63) is 34.1 Å². The fourth-order valence-corrected chi connectivity index (χ4v) is 2.70. The van der Waals surface area contributed by atoms with Gasteiger partial charge in [-0.3, -0.25) is 4.79 Å². The number of aromatic nitrogens is 2. The van der Waals surface area contributed by atoms with Crippen LogP contribution in [0.15, 0.2) is 22.7 Å². The predicted octanol–water partition coefficient (Wildman–Crippen LogP) is 3.38. The molecule has 0 spiro atoms. The zero-order valence-corrected chi connectivity index (χ0v) is 12.9. The lowest BCUT2D eigenvalue weighted by molar-refractivity contribution is -0.127. The lowest BCUT2D eigenvalue weighted by Crippen LogP contribution is -2.25. The first-order valence-corrected chi connectivity index (χ1v) is 7.34. The molecule has 1 amide bonds. The number of rotatable bonds is 2. The van der Waals surface area contributed by atoms with Gasteiger partial charge in [-0.1, -0.05) is 28.4 Å². The molecule has 3 rings (SSSR count). The fraction of sp³-hybridized carbons (Fsp3) is 0.357. The summed E-state index contributed by atoms with van der Waals surface area (Å²) in [6.07, 6.45) is 0.836. The van der Waals surface area contributed by atoms with Crippen LogP contribution in [0.25, 0.3) is 11.4 Å². The van der Waals surface area contributed by atoms with E-state index in [1.54, 1.807) is 30.0 Å². The Labute approximate surface area is 131 Å². The van der Waals surface area contributed by atoms with Gasteiger partial charge in [0.25, 0.3) is 0 Å². The molecule has 1 saturated heterocycles. The topological polar surface area (TPSA) is 59.2 Å². The molecule has 1 fully saturated rings. The highest BCUT2D eigenvalue weighted by Gasteiger charge is 2.29. The number of halogens is 2. The van der Waals surface area contributed by atoms with Crippen molar-refractivity contribution in [2.45, 2.75) is 19.3 Å². The molecule has 1 unspecified atom stereocenters. The van der Waals surface area contributed by atoms with Gasteiger partial charge in [-0.05, 0) is 24.6 Å². The standard InChI is InChI=1S/C14H13Cl2N3O2/c1-8(20)19-5-4-10(7-19)14-17-13(18-21-14)9-2-3-11(15)12(16)6-9/h2-3,6,10H,4-5,7H2,1H3. The molecule has 1 atom stereocenters. The third-order valence-electron chi connectivity index (χ3n) is 3.60. The van der Waals surface area contributed by atoms with Crippen molar-refractivity contribution in [1.82, 2.24) is 15.0 Å². The summed E-state index contributed by atoms with van der Waals surface area (Å²) < 4.78 is 5.33. The van der Waals surface area contributed by atoms with Crippen LogP contribution in [0.4, 0.5) is 0 Å². The van der Waals surface area contributed by atoms with Gasteiger partial charge in [0, 0.05) is 25.6 Å². The Balaban J connectivity index is 1.80. The third kappa shape index (κ3) is 2.89. The van der Waals surface area contributed by atoms with Crippen molar-refractivity contribution in [3.8, 4) is 11.4 Å². The molecule has 0 saturated carbocycles. The molecule has 7 heteroatoms. The summed E-state index contributed by atoms with van der Waals surface area (Å²) in [6.45, 7) is 2.92. The highest BCUT2D eigenvalue weighted by molar-refractivity contribution is 6.42. The molecule has 0 N–H and O–H groups in total. The molecule has 0 bridgehead atoms. The maximum Gasteiger partial charge on any atom is 0.231 e. The number of benzene rings is 1. The summed E-state index contributed by atoms with van der Waals surface area (Å²) in [5.74, 6) is 1.20. The van der Waals surface area contributed by atoms with Crippen molar-refractivity contribution in [3.63, 3.8) is 0 Å². The van der Waals surface area contributed by atoms with E-state index in [4.69, 9.17) is 27.7 Å². The monoisotopic (exact) mass is 325 g/mol. The number of nitrogens with zero attached hydrogens (tertiary/aromatic N) is 3. The first kappa shape index (κ1) is 14.4. The van der Waals surface area contributed by atoms with Gasteiger partial charge in [0.15, 0.2) is 0 Å². The first-order valence-electron chi connectivity index (χ1n) is 6.59. The quantitative estimate of drug-likeness (QED) is 0.849. The molecule has 1 aliphatic rings. The van der Waals surface area contributed by atoms with E-state index in [1.165, 1.54) is 0 Å². The van der Waals surface area contributed by atoms with Gasteiger partial charge >= 0.3 is 0 Å². The lowest BCUT2D eigenvalue weighted by atomic mass is 10.1.